The van der Waals surface area contributed by atoms with Crippen LogP contribution in [-0.2, 0) is 4.74 Å². The quantitative estimate of drug-likeness (QED) is 0.586. The fraction of sp³-hybridized carbons (Fsp3) is 0.353. The predicted octanol–water partition coefficient (Wildman–Crippen LogP) is 1.07. The van der Waals surface area contributed by atoms with E-state index in [1.165, 1.54) is 6.33 Å². The number of rotatable bonds is 3. The van der Waals surface area contributed by atoms with Gasteiger partial charge in [-0.25, -0.2) is 15.0 Å². The molecule has 0 aromatic carbocycles. The monoisotopic (exact) mass is 376 g/mol. The van der Waals surface area contributed by atoms with Gasteiger partial charge in [-0.2, -0.15) is 0 Å². The second kappa shape index (κ2) is 6.57. The largest absolute Gasteiger partial charge is 0.394 e. The normalized spacial score (nSPS) is 25.9. The van der Waals surface area contributed by atoms with E-state index in [4.69, 9.17) is 16.3 Å². The Balaban J connectivity index is 1.89. The number of nitrogens with zero attached hydrogens (tertiary/aromatic N) is 4. The van der Waals surface area contributed by atoms with Crippen molar-refractivity contribution in [2.45, 2.75) is 31.5 Å². The number of pyridine rings is 1. The van der Waals surface area contributed by atoms with Crippen molar-refractivity contribution in [1.29, 1.82) is 0 Å². The summed E-state index contributed by atoms with van der Waals surface area (Å²) in [6.07, 6.45) is 0.714. The molecule has 26 heavy (non-hydrogen) atoms. The molecule has 1 fully saturated rings. The molecule has 0 bridgehead atoms. The van der Waals surface area contributed by atoms with Gasteiger partial charge >= 0.3 is 0 Å². The van der Waals surface area contributed by atoms with Crippen LogP contribution in [0.2, 0.25) is 5.15 Å². The number of ether oxygens (including phenoxy) is 1. The molecule has 3 N–H and O–H groups in total. The van der Waals surface area contributed by atoms with Crippen molar-refractivity contribution < 1.29 is 20.1 Å². The van der Waals surface area contributed by atoms with Gasteiger partial charge in [0.25, 0.3) is 0 Å². The van der Waals surface area contributed by atoms with Crippen molar-refractivity contribution >= 4 is 22.6 Å². The summed E-state index contributed by atoms with van der Waals surface area (Å²) in [6, 6.07) is 3.52. The summed E-state index contributed by atoms with van der Waals surface area (Å²) in [7, 11) is 0. The smallest absolute Gasteiger partial charge is 0.164 e. The SMILES string of the molecule is Cc1ncnc2c1c(-c1ccc(Cl)nc1)cn2[C@@H]1O[C@H](CO)[C@@H](O)[C@H]1O. The summed E-state index contributed by atoms with van der Waals surface area (Å²) in [6.45, 7) is 1.47. The zero-order valence-electron chi connectivity index (χ0n) is 13.8. The van der Waals surface area contributed by atoms with E-state index in [0.717, 1.165) is 22.2 Å². The van der Waals surface area contributed by atoms with Crippen LogP contribution in [0, 0.1) is 6.92 Å². The van der Waals surface area contributed by atoms with E-state index in [2.05, 4.69) is 15.0 Å². The lowest BCUT2D eigenvalue weighted by molar-refractivity contribution is -0.0508. The van der Waals surface area contributed by atoms with Gasteiger partial charge in [0, 0.05) is 28.9 Å². The molecule has 3 aromatic rings. The van der Waals surface area contributed by atoms with E-state index in [1.807, 2.05) is 13.0 Å². The lowest BCUT2D eigenvalue weighted by Crippen LogP contribution is -2.33. The molecule has 1 saturated heterocycles. The van der Waals surface area contributed by atoms with Crippen LogP contribution in [0.3, 0.4) is 0 Å². The topological polar surface area (TPSA) is 114 Å². The Morgan fingerprint density at radius 1 is 1.19 bits per heavy atom. The Bertz CT molecular complexity index is 946. The van der Waals surface area contributed by atoms with E-state index in [1.54, 1.807) is 23.0 Å². The number of halogens is 1. The van der Waals surface area contributed by atoms with Crippen LogP contribution in [0.15, 0.2) is 30.9 Å². The highest BCUT2D eigenvalue weighted by Crippen LogP contribution is 2.37. The molecule has 136 valence electrons. The zero-order valence-corrected chi connectivity index (χ0v) is 14.6. The van der Waals surface area contributed by atoms with Crippen molar-refractivity contribution in [3.63, 3.8) is 0 Å². The molecule has 4 heterocycles. The van der Waals surface area contributed by atoms with Crippen molar-refractivity contribution in [1.82, 2.24) is 19.5 Å². The maximum absolute atomic E-state index is 10.4. The van der Waals surface area contributed by atoms with Gasteiger partial charge in [0.15, 0.2) is 6.23 Å². The Labute approximate surface area is 153 Å². The number of aliphatic hydroxyl groups excluding tert-OH is 3. The van der Waals surface area contributed by atoms with Gasteiger partial charge in [-0.3, -0.25) is 0 Å². The Morgan fingerprint density at radius 3 is 2.65 bits per heavy atom. The molecule has 9 heteroatoms. The number of hydrogen-bond acceptors (Lipinski definition) is 7. The summed E-state index contributed by atoms with van der Waals surface area (Å²) in [5.41, 5.74) is 2.92. The first-order chi connectivity index (χ1) is 12.5. The first-order valence-electron chi connectivity index (χ1n) is 8.07. The molecule has 0 saturated carbocycles. The number of hydrogen-bond donors (Lipinski definition) is 3. The maximum atomic E-state index is 10.4. The van der Waals surface area contributed by atoms with E-state index >= 15 is 0 Å². The van der Waals surface area contributed by atoms with Crippen LogP contribution in [0.1, 0.15) is 11.9 Å². The fourth-order valence-corrected chi connectivity index (χ4v) is 3.41. The van der Waals surface area contributed by atoms with Crippen molar-refractivity contribution in [3.8, 4) is 11.1 Å². The van der Waals surface area contributed by atoms with Gasteiger partial charge in [-0.1, -0.05) is 11.6 Å². The van der Waals surface area contributed by atoms with Crippen molar-refractivity contribution in [2.24, 2.45) is 0 Å². The van der Waals surface area contributed by atoms with Crippen molar-refractivity contribution in [2.75, 3.05) is 6.61 Å². The Hall–Kier alpha value is -2.10. The highest BCUT2D eigenvalue weighted by Gasteiger charge is 2.44. The minimum Gasteiger partial charge on any atom is -0.394 e. The highest BCUT2D eigenvalue weighted by molar-refractivity contribution is 6.29. The fourth-order valence-electron chi connectivity index (χ4n) is 3.29. The van der Waals surface area contributed by atoms with Gasteiger partial charge in [-0.05, 0) is 19.1 Å². The van der Waals surface area contributed by atoms with Crippen LogP contribution in [0.25, 0.3) is 22.2 Å². The van der Waals surface area contributed by atoms with Gasteiger partial charge in [-0.15, -0.1) is 0 Å². The molecular formula is C17H17ClN4O4. The third-order valence-electron chi connectivity index (χ3n) is 4.63. The van der Waals surface area contributed by atoms with E-state index in [-0.39, 0.29) is 0 Å². The molecular weight excluding hydrogens is 360 g/mol. The summed E-state index contributed by atoms with van der Waals surface area (Å²) < 4.78 is 7.30. The molecule has 0 radical (unpaired) electrons. The van der Waals surface area contributed by atoms with Gasteiger partial charge in [0.05, 0.1) is 12.3 Å². The Kier molecular flexibility index (Phi) is 4.37. The highest BCUT2D eigenvalue weighted by atomic mass is 35.5. The number of aliphatic hydroxyl groups is 3. The molecule has 0 amide bonds. The van der Waals surface area contributed by atoms with Gasteiger partial charge in [0.2, 0.25) is 0 Å². The molecule has 0 unspecified atom stereocenters. The minimum atomic E-state index is -1.20. The van der Waals surface area contributed by atoms with Crippen LogP contribution in [0.4, 0.5) is 0 Å². The zero-order chi connectivity index (χ0) is 18.4. The first kappa shape index (κ1) is 17.3. The van der Waals surface area contributed by atoms with Crippen LogP contribution < -0.4 is 0 Å². The standard InChI is InChI=1S/C17H17ClN4O4/c1-8-13-10(9-2-3-12(18)19-4-9)5-22(16(13)21-7-20-8)17-15(25)14(24)11(6-23)26-17/h2-5,7,11,14-15,17,23-25H,6H2,1H3/t11-,14-,15-,17-/m1/s1. The average Bonchev–Trinajstić information content (AvgIpc) is 3.15. The summed E-state index contributed by atoms with van der Waals surface area (Å²) in [5.74, 6) is 0. The molecule has 4 atom stereocenters. The number of aryl methyl sites for hydroxylation is 1. The van der Waals surface area contributed by atoms with Crippen LogP contribution in [-0.4, -0.2) is 59.8 Å². The molecule has 4 rings (SSSR count). The Morgan fingerprint density at radius 2 is 2.00 bits per heavy atom. The van der Waals surface area contributed by atoms with E-state index < -0.39 is 31.1 Å². The molecule has 1 aliphatic heterocycles. The number of aromatic nitrogens is 4. The molecule has 0 spiro atoms. The molecule has 3 aromatic heterocycles. The third-order valence-corrected chi connectivity index (χ3v) is 4.85. The molecule has 0 aliphatic carbocycles. The summed E-state index contributed by atoms with van der Waals surface area (Å²) in [4.78, 5) is 12.7. The second-order valence-electron chi connectivity index (χ2n) is 6.21. The summed E-state index contributed by atoms with van der Waals surface area (Å²) in [5, 5.41) is 30.9. The van der Waals surface area contributed by atoms with Crippen LogP contribution >= 0.6 is 11.6 Å². The van der Waals surface area contributed by atoms with Crippen LogP contribution in [0.5, 0.6) is 0 Å². The van der Waals surface area contributed by atoms with E-state index in [9.17, 15) is 15.3 Å². The maximum Gasteiger partial charge on any atom is 0.164 e. The minimum absolute atomic E-state index is 0.383. The third kappa shape index (κ3) is 2.67. The van der Waals surface area contributed by atoms with E-state index in [0.29, 0.717) is 10.8 Å². The number of fused-ring (bicyclic) bond motifs is 1. The lowest BCUT2D eigenvalue weighted by atomic mass is 10.1. The summed E-state index contributed by atoms with van der Waals surface area (Å²) >= 11 is 5.88. The van der Waals surface area contributed by atoms with Gasteiger partial charge in [0.1, 0.15) is 35.4 Å². The molecule has 1 aliphatic rings. The second-order valence-corrected chi connectivity index (χ2v) is 6.59. The van der Waals surface area contributed by atoms with Gasteiger partial charge < -0.3 is 24.6 Å². The van der Waals surface area contributed by atoms with Crippen molar-refractivity contribution in [3.05, 3.63) is 41.7 Å². The first-order valence-corrected chi connectivity index (χ1v) is 8.45. The average molecular weight is 377 g/mol. The lowest BCUT2D eigenvalue weighted by Gasteiger charge is -2.17. The predicted molar refractivity (Wildman–Crippen MR) is 93.5 cm³/mol. The molecule has 8 nitrogen and oxygen atoms in total.